The van der Waals surface area contributed by atoms with Crippen molar-refractivity contribution in [3.8, 4) is 0 Å². The molecule has 1 amide bonds. The van der Waals surface area contributed by atoms with Gasteiger partial charge in [-0.2, -0.15) is 0 Å². The molecular weight excluding hydrogens is 382 g/mol. The van der Waals surface area contributed by atoms with Crippen LogP contribution in [0.1, 0.15) is 24.5 Å². The van der Waals surface area contributed by atoms with Gasteiger partial charge in [-0.3, -0.25) is 18.7 Å². The third-order valence-electron chi connectivity index (χ3n) is 5.17. The number of aryl methyl sites for hydroxylation is 2. The quantitative estimate of drug-likeness (QED) is 0.580. The van der Waals surface area contributed by atoms with Crippen LogP contribution in [-0.4, -0.2) is 28.8 Å². The Morgan fingerprint density at radius 3 is 2.57 bits per heavy atom. The number of anilines is 1. The second-order valence-electron chi connectivity index (χ2n) is 7.20. The number of benzene rings is 2. The van der Waals surface area contributed by atoms with Gasteiger partial charge in [-0.15, -0.1) is 0 Å². The Bertz CT molecular complexity index is 1180. The van der Waals surface area contributed by atoms with Crippen LogP contribution in [0.3, 0.4) is 0 Å². The Kier molecular flexibility index (Phi) is 6.84. The van der Waals surface area contributed by atoms with Gasteiger partial charge in [0.1, 0.15) is 6.54 Å². The molecule has 2 aromatic carbocycles. The molecule has 3 aromatic rings. The van der Waals surface area contributed by atoms with Crippen LogP contribution in [0.15, 0.2) is 52.1 Å². The summed E-state index contributed by atoms with van der Waals surface area (Å²) in [7, 11) is 1.57. The number of nitrogens with zero attached hydrogens (tertiary/aromatic N) is 2. The van der Waals surface area contributed by atoms with Crippen molar-refractivity contribution in [2.24, 2.45) is 0 Å². The Labute approximate surface area is 174 Å². The lowest BCUT2D eigenvalue weighted by atomic mass is 10.1. The van der Waals surface area contributed by atoms with Gasteiger partial charge in [0.05, 0.1) is 10.9 Å². The molecule has 0 aliphatic carbocycles. The van der Waals surface area contributed by atoms with Crippen molar-refractivity contribution in [2.75, 3.05) is 19.0 Å². The Morgan fingerprint density at radius 2 is 1.83 bits per heavy atom. The second kappa shape index (κ2) is 9.54. The van der Waals surface area contributed by atoms with E-state index >= 15 is 0 Å². The summed E-state index contributed by atoms with van der Waals surface area (Å²) in [5.41, 5.74) is 2.37. The fourth-order valence-corrected chi connectivity index (χ4v) is 3.61. The molecule has 3 rings (SSSR count). The number of rotatable bonds is 8. The summed E-state index contributed by atoms with van der Waals surface area (Å²) in [4.78, 5) is 38.8. The molecule has 0 saturated carbocycles. The van der Waals surface area contributed by atoms with Crippen LogP contribution in [0.2, 0.25) is 0 Å². The van der Waals surface area contributed by atoms with E-state index in [4.69, 9.17) is 4.74 Å². The highest BCUT2D eigenvalue weighted by Gasteiger charge is 2.16. The van der Waals surface area contributed by atoms with E-state index in [-0.39, 0.29) is 24.6 Å². The number of ether oxygens (including phenoxy) is 1. The highest BCUT2D eigenvalue weighted by atomic mass is 16.5. The maximum absolute atomic E-state index is 13.1. The zero-order chi connectivity index (χ0) is 21.7. The maximum atomic E-state index is 13.1. The average Bonchev–Trinajstić information content (AvgIpc) is 2.75. The van der Waals surface area contributed by atoms with Crippen LogP contribution >= 0.6 is 0 Å². The number of nitrogens with one attached hydrogen (secondary N) is 1. The first-order valence-corrected chi connectivity index (χ1v) is 10.1. The molecule has 30 heavy (non-hydrogen) atoms. The third-order valence-corrected chi connectivity index (χ3v) is 5.17. The fourth-order valence-electron chi connectivity index (χ4n) is 3.61. The highest BCUT2D eigenvalue weighted by molar-refractivity contribution is 5.93. The minimum atomic E-state index is -0.495. The molecule has 7 nitrogen and oxygen atoms in total. The molecule has 0 spiro atoms. The number of carbonyl (C=O) groups excluding carboxylic acids is 1. The standard InChI is InChI=1S/C23H27N3O4/c1-4-17-10-7-9-16(2)21(17)24-20(27)15-26-19-12-6-5-11-18(19)22(28)25(23(26)29)13-8-14-30-3/h5-7,9-12H,4,8,13-15H2,1-3H3,(H,24,27). The van der Waals surface area contributed by atoms with Crippen LogP contribution in [-0.2, 0) is 29.0 Å². The normalized spacial score (nSPS) is 11.0. The van der Waals surface area contributed by atoms with Gasteiger partial charge < -0.3 is 10.1 Å². The smallest absolute Gasteiger partial charge is 0.331 e. The summed E-state index contributed by atoms with van der Waals surface area (Å²) in [5, 5.41) is 3.36. The molecule has 1 heterocycles. The molecule has 0 atom stereocenters. The monoisotopic (exact) mass is 409 g/mol. The number of para-hydroxylation sites is 2. The topological polar surface area (TPSA) is 82.3 Å². The van der Waals surface area contributed by atoms with E-state index in [1.54, 1.807) is 31.4 Å². The van der Waals surface area contributed by atoms with Crippen LogP contribution < -0.4 is 16.6 Å². The Balaban J connectivity index is 2.00. The SMILES string of the molecule is CCc1cccc(C)c1NC(=O)Cn1c(=O)n(CCCOC)c(=O)c2ccccc21. The third kappa shape index (κ3) is 4.36. The molecule has 158 valence electrons. The van der Waals surface area contributed by atoms with Crippen molar-refractivity contribution in [1.82, 2.24) is 9.13 Å². The first-order chi connectivity index (χ1) is 14.5. The largest absolute Gasteiger partial charge is 0.385 e. The van der Waals surface area contributed by atoms with Gasteiger partial charge in [0.25, 0.3) is 5.56 Å². The zero-order valence-electron chi connectivity index (χ0n) is 17.6. The van der Waals surface area contributed by atoms with E-state index < -0.39 is 5.69 Å². The van der Waals surface area contributed by atoms with Crippen LogP contribution in [0.4, 0.5) is 5.69 Å². The minimum absolute atomic E-state index is 0.179. The number of hydrogen-bond donors (Lipinski definition) is 1. The highest BCUT2D eigenvalue weighted by Crippen LogP contribution is 2.21. The molecule has 1 N–H and O–H groups in total. The molecule has 1 aromatic heterocycles. The number of amides is 1. The lowest BCUT2D eigenvalue weighted by molar-refractivity contribution is -0.116. The molecule has 0 radical (unpaired) electrons. The number of carbonyl (C=O) groups is 1. The predicted octanol–water partition coefficient (Wildman–Crippen LogP) is 2.71. The van der Waals surface area contributed by atoms with Gasteiger partial charge in [0.2, 0.25) is 5.91 Å². The van der Waals surface area contributed by atoms with Crippen molar-refractivity contribution in [3.63, 3.8) is 0 Å². The van der Waals surface area contributed by atoms with E-state index in [1.165, 1.54) is 9.13 Å². The molecule has 0 fully saturated rings. The Morgan fingerprint density at radius 1 is 1.07 bits per heavy atom. The average molecular weight is 409 g/mol. The predicted molar refractivity (Wildman–Crippen MR) is 118 cm³/mol. The Hall–Kier alpha value is -3.19. The van der Waals surface area contributed by atoms with Crippen molar-refractivity contribution >= 4 is 22.5 Å². The summed E-state index contributed by atoms with van der Waals surface area (Å²) in [6.07, 6.45) is 1.31. The molecule has 7 heteroatoms. The van der Waals surface area contributed by atoms with Gasteiger partial charge in [0.15, 0.2) is 0 Å². The molecule has 0 saturated heterocycles. The van der Waals surface area contributed by atoms with Gasteiger partial charge in [-0.25, -0.2) is 4.79 Å². The first kappa shape index (κ1) is 21.5. The van der Waals surface area contributed by atoms with Crippen LogP contribution in [0, 0.1) is 6.92 Å². The molecular formula is C23H27N3O4. The fraction of sp³-hybridized carbons (Fsp3) is 0.348. The second-order valence-corrected chi connectivity index (χ2v) is 7.20. The van der Waals surface area contributed by atoms with Gasteiger partial charge in [-0.05, 0) is 43.0 Å². The number of hydrogen-bond acceptors (Lipinski definition) is 4. The summed E-state index contributed by atoms with van der Waals surface area (Å²) in [6.45, 7) is 4.45. The lowest BCUT2D eigenvalue weighted by Crippen LogP contribution is -2.42. The zero-order valence-corrected chi connectivity index (χ0v) is 17.6. The van der Waals surface area contributed by atoms with E-state index in [1.807, 2.05) is 32.0 Å². The van der Waals surface area contributed by atoms with Crippen LogP contribution in [0.5, 0.6) is 0 Å². The van der Waals surface area contributed by atoms with Gasteiger partial charge >= 0.3 is 5.69 Å². The van der Waals surface area contributed by atoms with Crippen molar-refractivity contribution in [2.45, 2.75) is 39.8 Å². The maximum Gasteiger partial charge on any atom is 0.331 e. The van der Waals surface area contributed by atoms with Crippen molar-refractivity contribution in [3.05, 3.63) is 74.4 Å². The molecule has 0 aliphatic rings. The molecule has 0 aliphatic heterocycles. The summed E-state index contributed by atoms with van der Waals surface area (Å²) >= 11 is 0. The summed E-state index contributed by atoms with van der Waals surface area (Å²) < 4.78 is 7.58. The van der Waals surface area contributed by atoms with Crippen molar-refractivity contribution in [1.29, 1.82) is 0 Å². The lowest BCUT2D eigenvalue weighted by Gasteiger charge is -2.16. The summed E-state index contributed by atoms with van der Waals surface area (Å²) in [6, 6.07) is 12.7. The van der Waals surface area contributed by atoms with E-state index in [0.29, 0.717) is 23.9 Å². The number of aromatic nitrogens is 2. The molecule has 0 bridgehead atoms. The first-order valence-electron chi connectivity index (χ1n) is 10.1. The molecule has 0 unspecified atom stereocenters. The van der Waals surface area contributed by atoms with E-state index in [2.05, 4.69) is 5.32 Å². The van der Waals surface area contributed by atoms with Gasteiger partial charge in [-0.1, -0.05) is 37.3 Å². The van der Waals surface area contributed by atoms with Crippen molar-refractivity contribution < 1.29 is 9.53 Å². The summed E-state index contributed by atoms with van der Waals surface area (Å²) in [5.74, 6) is -0.312. The van der Waals surface area contributed by atoms with Gasteiger partial charge in [0, 0.05) is 25.9 Å². The number of methoxy groups -OCH3 is 1. The van der Waals surface area contributed by atoms with E-state index in [0.717, 1.165) is 23.2 Å². The minimum Gasteiger partial charge on any atom is -0.385 e. The number of fused-ring (bicyclic) bond motifs is 1. The van der Waals surface area contributed by atoms with E-state index in [9.17, 15) is 14.4 Å². The van der Waals surface area contributed by atoms with Crippen LogP contribution in [0.25, 0.3) is 10.9 Å².